The van der Waals surface area contributed by atoms with Crippen molar-refractivity contribution in [2.75, 3.05) is 51.8 Å². The zero-order valence-electron chi connectivity index (χ0n) is 14.1. The molecular formula is C16H23N5O3. The molecular weight excluding hydrogens is 310 g/mol. The van der Waals surface area contributed by atoms with Crippen LogP contribution >= 0.6 is 0 Å². The number of hydrogen-bond donors (Lipinski definition) is 1. The van der Waals surface area contributed by atoms with Crippen molar-refractivity contribution >= 4 is 17.6 Å². The summed E-state index contributed by atoms with van der Waals surface area (Å²) in [5.41, 5.74) is -0.0210. The first-order valence-corrected chi connectivity index (χ1v) is 8.19. The van der Waals surface area contributed by atoms with E-state index in [1.54, 1.807) is 26.3 Å². The number of rotatable bonds is 5. The van der Waals surface area contributed by atoms with Crippen LogP contribution in [0.4, 0.5) is 5.82 Å². The Labute approximate surface area is 141 Å². The summed E-state index contributed by atoms with van der Waals surface area (Å²) in [6.45, 7) is 3.44. The maximum atomic E-state index is 12.7. The molecule has 1 spiro atoms. The Morgan fingerprint density at radius 1 is 1.33 bits per heavy atom. The molecule has 2 amide bonds. The summed E-state index contributed by atoms with van der Waals surface area (Å²) in [6.07, 6.45) is 1.70. The van der Waals surface area contributed by atoms with Crippen molar-refractivity contribution in [3.05, 3.63) is 17.8 Å². The van der Waals surface area contributed by atoms with Crippen LogP contribution in [-0.4, -0.2) is 73.9 Å². The molecule has 3 rings (SSSR count). The lowest BCUT2D eigenvalue weighted by atomic mass is 9.85. The van der Waals surface area contributed by atoms with Gasteiger partial charge in [0.05, 0.1) is 12.0 Å². The first kappa shape index (κ1) is 16.6. The molecule has 1 aromatic heterocycles. The number of methoxy groups -OCH3 is 1. The van der Waals surface area contributed by atoms with E-state index < -0.39 is 0 Å². The quantitative estimate of drug-likeness (QED) is 0.810. The van der Waals surface area contributed by atoms with Gasteiger partial charge in [-0.15, -0.1) is 10.2 Å². The summed E-state index contributed by atoms with van der Waals surface area (Å²) in [6, 6.07) is 3.45. The van der Waals surface area contributed by atoms with Gasteiger partial charge in [0.2, 0.25) is 5.91 Å². The van der Waals surface area contributed by atoms with Crippen molar-refractivity contribution in [1.82, 2.24) is 20.4 Å². The van der Waals surface area contributed by atoms with Crippen molar-refractivity contribution in [1.29, 1.82) is 0 Å². The molecule has 1 aromatic rings. The summed E-state index contributed by atoms with van der Waals surface area (Å²) < 4.78 is 5.08. The van der Waals surface area contributed by atoms with Crippen molar-refractivity contribution in [2.24, 2.45) is 5.41 Å². The van der Waals surface area contributed by atoms with Crippen LogP contribution in [-0.2, 0) is 9.53 Å². The Kier molecular flexibility index (Phi) is 4.66. The zero-order valence-corrected chi connectivity index (χ0v) is 14.1. The average molecular weight is 333 g/mol. The van der Waals surface area contributed by atoms with Crippen LogP contribution in [0, 0.1) is 5.41 Å². The molecule has 1 atom stereocenters. The fraction of sp³-hybridized carbons (Fsp3) is 0.625. The number of aromatic nitrogens is 2. The van der Waals surface area contributed by atoms with E-state index in [1.165, 1.54) is 0 Å². The summed E-state index contributed by atoms with van der Waals surface area (Å²) in [4.78, 5) is 28.3. The van der Waals surface area contributed by atoms with Crippen LogP contribution in [0.2, 0.25) is 0 Å². The number of carbonyl (C=O) groups is 2. The zero-order chi connectivity index (χ0) is 17.2. The molecule has 8 nitrogen and oxygen atoms in total. The van der Waals surface area contributed by atoms with E-state index in [0.29, 0.717) is 25.5 Å². The smallest absolute Gasteiger partial charge is 0.271 e. The predicted molar refractivity (Wildman–Crippen MR) is 87.8 cm³/mol. The second kappa shape index (κ2) is 6.72. The number of likely N-dealkylation sites (tertiary alicyclic amines) is 1. The molecule has 2 fully saturated rings. The molecule has 0 radical (unpaired) electrons. The summed E-state index contributed by atoms with van der Waals surface area (Å²) >= 11 is 0. The van der Waals surface area contributed by atoms with Crippen LogP contribution in [0.5, 0.6) is 0 Å². The highest BCUT2D eigenvalue weighted by Gasteiger charge is 2.50. The van der Waals surface area contributed by atoms with Crippen molar-refractivity contribution in [2.45, 2.75) is 12.8 Å². The number of nitrogens with one attached hydrogen (secondary N) is 1. The minimum Gasteiger partial charge on any atom is -0.383 e. The predicted octanol–water partition coefficient (Wildman–Crippen LogP) is -0.0886. The van der Waals surface area contributed by atoms with E-state index in [-0.39, 0.29) is 22.9 Å². The third kappa shape index (κ3) is 2.93. The first-order chi connectivity index (χ1) is 11.6. The first-order valence-electron chi connectivity index (χ1n) is 8.19. The van der Waals surface area contributed by atoms with Gasteiger partial charge in [0.25, 0.3) is 5.91 Å². The third-order valence-electron chi connectivity index (χ3n) is 4.95. The van der Waals surface area contributed by atoms with Gasteiger partial charge in [-0.05, 0) is 25.0 Å². The Morgan fingerprint density at radius 3 is 2.79 bits per heavy atom. The lowest BCUT2D eigenvalue weighted by Crippen LogP contribution is -2.38. The molecule has 1 N–H and O–H groups in total. The maximum absolute atomic E-state index is 12.7. The molecule has 8 heteroatoms. The number of carbonyl (C=O) groups excluding carboxylic acids is 2. The van der Waals surface area contributed by atoms with E-state index in [2.05, 4.69) is 20.4 Å². The fourth-order valence-corrected chi connectivity index (χ4v) is 3.50. The normalized spacial score (nSPS) is 23.3. The molecule has 0 aromatic carbocycles. The molecule has 2 aliphatic heterocycles. The van der Waals surface area contributed by atoms with Gasteiger partial charge in [0.1, 0.15) is 0 Å². The molecule has 2 aliphatic rings. The van der Waals surface area contributed by atoms with E-state index in [1.807, 2.05) is 4.90 Å². The third-order valence-corrected chi connectivity index (χ3v) is 4.95. The monoisotopic (exact) mass is 333 g/mol. The van der Waals surface area contributed by atoms with Crippen molar-refractivity contribution < 1.29 is 14.3 Å². The number of anilines is 1. The second-order valence-corrected chi connectivity index (χ2v) is 6.34. The Balaban J connectivity index is 1.67. The Morgan fingerprint density at radius 2 is 2.12 bits per heavy atom. The lowest BCUT2D eigenvalue weighted by Gasteiger charge is -2.23. The summed E-state index contributed by atoms with van der Waals surface area (Å²) in [7, 11) is 3.21. The van der Waals surface area contributed by atoms with Crippen molar-refractivity contribution in [3.63, 3.8) is 0 Å². The number of amides is 2. The number of hydrogen-bond acceptors (Lipinski definition) is 6. The molecule has 24 heavy (non-hydrogen) atoms. The Bertz CT molecular complexity index is 621. The summed E-state index contributed by atoms with van der Waals surface area (Å²) in [5, 5.41) is 10.6. The SMILES string of the molecule is CNC(=O)c1ccc(N2CCC3(CCN(CCOC)C3=O)C2)nn1. The van der Waals surface area contributed by atoms with Crippen molar-refractivity contribution in [3.8, 4) is 0 Å². The maximum Gasteiger partial charge on any atom is 0.271 e. The van der Waals surface area contributed by atoms with Gasteiger partial charge in [-0.2, -0.15) is 0 Å². The molecule has 2 saturated heterocycles. The van der Waals surface area contributed by atoms with Gasteiger partial charge in [0.15, 0.2) is 11.5 Å². The highest BCUT2D eigenvalue weighted by Crippen LogP contribution is 2.41. The number of ether oxygens (including phenoxy) is 1. The van der Waals surface area contributed by atoms with Gasteiger partial charge < -0.3 is 19.9 Å². The van der Waals surface area contributed by atoms with Gasteiger partial charge in [0, 0.05) is 40.3 Å². The van der Waals surface area contributed by atoms with Gasteiger partial charge in [-0.1, -0.05) is 0 Å². The van der Waals surface area contributed by atoms with Crippen LogP contribution in [0.15, 0.2) is 12.1 Å². The van der Waals surface area contributed by atoms with Gasteiger partial charge in [-0.25, -0.2) is 0 Å². The fourth-order valence-electron chi connectivity index (χ4n) is 3.50. The standard InChI is InChI=1S/C16H23N5O3/c1-17-14(22)12-3-4-13(19-18-12)21-8-6-16(11-21)5-7-20(15(16)23)9-10-24-2/h3-4H,5-11H2,1-2H3,(H,17,22). The van der Waals surface area contributed by atoms with Gasteiger partial charge in [-0.3, -0.25) is 9.59 Å². The van der Waals surface area contributed by atoms with E-state index in [4.69, 9.17) is 4.74 Å². The minimum atomic E-state index is -0.311. The van der Waals surface area contributed by atoms with Crippen LogP contribution in [0.3, 0.4) is 0 Å². The molecule has 0 bridgehead atoms. The topological polar surface area (TPSA) is 87.7 Å². The highest BCUT2D eigenvalue weighted by molar-refractivity contribution is 5.92. The molecule has 130 valence electrons. The van der Waals surface area contributed by atoms with E-state index in [9.17, 15) is 9.59 Å². The van der Waals surface area contributed by atoms with Crippen LogP contribution in [0.1, 0.15) is 23.3 Å². The molecule has 0 saturated carbocycles. The number of nitrogens with zero attached hydrogens (tertiary/aromatic N) is 4. The molecule has 0 aliphatic carbocycles. The van der Waals surface area contributed by atoms with Crippen LogP contribution < -0.4 is 10.2 Å². The van der Waals surface area contributed by atoms with E-state index >= 15 is 0 Å². The van der Waals surface area contributed by atoms with Crippen LogP contribution in [0.25, 0.3) is 0 Å². The molecule has 1 unspecified atom stereocenters. The largest absolute Gasteiger partial charge is 0.383 e. The molecule has 3 heterocycles. The Hall–Kier alpha value is -2.22. The minimum absolute atomic E-state index is 0.219. The summed E-state index contributed by atoms with van der Waals surface area (Å²) in [5.74, 6) is 0.673. The second-order valence-electron chi connectivity index (χ2n) is 6.34. The lowest BCUT2D eigenvalue weighted by molar-refractivity contribution is -0.135. The van der Waals surface area contributed by atoms with E-state index in [0.717, 1.165) is 25.9 Å². The average Bonchev–Trinajstić information content (AvgIpc) is 3.18. The van der Waals surface area contributed by atoms with Gasteiger partial charge >= 0.3 is 0 Å². The highest BCUT2D eigenvalue weighted by atomic mass is 16.5.